The van der Waals surface area contributed by atoms with Crippen molar-refractivity contribution in [1.29, 1.82) is 0 Å². The van der Waals surface area contributed by atoms with Crippen LogP contribution in [-0.4, -0.2) is 35.6 Å². The molecule has 1 aliphatic heterocycles. The normalized spacial score (nSPS) is 29.1. The van der Waals surface area contributed by atoms with E-state index < -0.39 is 0 Å². The van der Waals surface area contributed by atoms with Gasteiger partial charge in [-0.15, -0.1) is 0 Å². The molecule has 2 nitrogen and oxygen atoms in total. The van der Waals surface area contributed by atoms with E-state index in [4.69, 9.17) is 0 Å². The summed E-state index contributed by atoms with van der Waals surface area (Å²) in [7, 11) is 0. The molecule has 1 heterocycles. The minimum absolute atomic E-state index is 0.255. The Labute approximate surface area is 102 Å². The lowest BCUT2D eigenvalue weighted by atomic mass is 9.84. The molecule has 1 saturated heterocycles. The lowest BCUT2D eigenvalue weighted by Crippen LogP contribution is -2.64. The summed E-state index contributed by atoms with van der Waals surface area (Å²) < 4.78 is 0. The Kier molecular flexibility index (Phi) is 4.07. The largest absolute Gasteiger partial charge is 0.309 e. The standard InChI is InChI=1S/C14H30N2/c1-8-12-9-15-14(6,7)10-16(12)11(2)13(3,4)5/h11-12,15H,8-10H2,1-7H3. The summed E-state index contributed by atoms with van der Waals surface area (Å²) in [5.74, 6) is 0. The highest BCUT2D eigenvalue weighted by Crippen LogP contribution is 2.29. The van der Waals surface area contributed by atoms with E-state index in [9.17, 15) is 0 Å². The topological polar surface area (TPSA) is 15.3 Å². The number of hydrogen-bond donors (Lipinski definition) is 1. The second-order valence-corrected chi connectivity index (χ2v) is 7.04. The molecule has 0 aromatic rings. The van der Waals surface area contributed by atoms with Crippen molar-refractivity contribution in [3.8, 4) is 0 Å². The predicted molar refractivity (Wildman–Crippen MR) is 71.8 cm³/mol. The van der Waals surface area contributed by atoms with Crippen LogP contribution in [0.2, 0.25) is 0 Å². The van der Waals surface area contributed by atoms with Crippen LogP contribution in [0.5, 0.6) is 0 Å². The Hall–Kier alpha value is -0.0800. The third-order valence-electron chi connectivity index (χ3n) is 4.09. The van der Waals surface area contributed by atoms with Gasteiger partial charge in [-0.25, -0.2) is 0 Å². The van der Waals surface area contributed by atoms with Crippen molar-refractivity contribution in [2.45, 2.75) is 72.5 Å². The molecule has 0 bridgehead atoms. The number of nitrogens with one attached hydrogen (secondary N) is 1. The van der Waals surface area contributed by atoms with E-state index in [-0.39, 0.29) is 5.54 Å². The minimum Gasteiger partial charge on any atom is -0.309 e. The number of nitrogens with zero attached hydrogens (tertiary/aromatic N) is 1. The molecular formula is C14H30N2. The molecule has 0 amide bonds. The van der Waals surface area contributed by atoms with Gasteiger partial charge in [-0.3, -0.25) is 4.90 Å². The molecule has 0 aromatic carbocycles. The lowest BCUT2D eigenvalue weighted by Gasteiger charge is -2.50. The zero-order valence-corrected chi connectivity index (χ0v) is 12.2. The van der Waals surface area contributed by atoms with Crippen LogP contribution in [0.25, 0.3) is 0 Å². The van der Waals surface area contributed by atoms with Gasteiger partial charge in [-0.05, 0) is 32.6 Å². The summed E-state index contributed by atoms with van der Waals surface area (Å²) in [4.78, 5) is 2.70. The van der Waals surface area contributed by atoms with Crippen LogP contribution >= 0.6 is 0 Å². The monoisotopic (exact) mass is 226 g/mol. The summed E-state index contributed by atoms with van der Waals surface area (Å²) in [5.41, 5.74) is 0.617. The van der Waals surface area contributed by atoms with Crippen LogP contribution in [0.15, 0.2) is 0 Å². The molecule has 2 atom stereocenters. The molecule has 1 fully saturated rings. The highest BCUT2D eigenvalue weighted by atomic mass is 15.3. The maximum Gasteiger partial charge on any atom is 0.0253 e. The van der Waals surface area contributed by atoms with Gasteiger partial charge in [0.2, 0.25) is 0 Å². The van der Waals surface area contributed by atoms with E-state index in [1.807, 2.05) is 0 Å². The first-order valence-electron chi connectivity index (χ1n) is 6.68. The van der Waals surface area contributed by atoms with Gasteiger partial charge in [0.05, 0.1) is 0 Å². The van der Waals surface area contributed by atoms with Gasteiger partial charge in [0.15, 0.2) is 0 Å². The minimum atomic E-state index is 0.255. The van der Waals surface area contributed by atoms with Gasteiger partial charge < -0.3 is 5.32 Å². The first kappa shape index (κ1) is 14.0. The van der Waals surface area contributed by atoms with E-state index >= 15 is 0 Å². The summed E-state index contributed by atoms with van der Waals surface area (Å²) in [6.45, 7) is 18.6. The molecule has 0 spiro atoms. The Morgan fingerprint density at radius 1 is 1.38 bits per heavy atom. The highest BCUT2D eigenvalue weighted by molar-refractivity contribution is 4.95. The van der Waals surface area contributed by atoms with E-state index in [0.29, 0.717) is 17.5 Å². The lowest BCUT2D eigenvalue weighted by molar-refractivity contribution is 0.0145. The number of rotatable bonds is 2. The average Bonchev–Trinajstić information content (AvgIpc) is 2.14. The molecule has 2 heteroatoms. The average molecular weight is 226 g/mol. The van der Waals surface area contributed by atoms with Gasteiger partial charge in [0, 0.05) is 30.7 Å². The summed E-state index contributed by atoms with van der Waals surface area (Å²) in [6.07, 6.45) is 1.24. The summed E-state index contributed by atoms with van der Waals surface area (Å²) >= 11 is 0. The van der Waals surface area contributed by atoms with Gasteiger partial charge in [0.25, 0.3) is 0 Å². The Balaban J connectivity index is 2.80. The first-order valence-corrected chi connectivity index (χ1v) is 6.68. The van der Waals surface area contributed by atoms with Crippen molar-refractivity contribution in [3.63, 3.8) is 0 Å². The maximum absolute atomic E-state index is 3.65. The third kappa shape index (κ3) is 3.21. The van der Waals surface area contributed by atoms with Crippen LogP contribution < -0.4 is 5.32 Å². The van der Waals surface area contributed by atoms with Crippen molar-refractivity contribution in [1.82, 2.24) is 10.2 Å². The molecule has 1 N–H and O–H groups in total. The summed E-state index contributed by atoms with van der Waals surface area (Å²) in [6, 6.07) is 1.33. The molecule has 0 saturated carbocycles. The van der Waals surface area contributed by atoms with Gasteiger partial charge in [-0.2, -0.15) is 0 Å². The van der Waals surface area contributed by atoms with Crippen molar-refractivity contribution in [3.05, 3.63) is 0 Å². The van der Waals surface area contributed by atoms with E-state index in [1.54, 1.807) is 0 Å². The second-order valence-electron chi connectivity index (χ2n) is 7.04. The third-order valence-corrected chi connectivity index (χ3v) is 4.09. The van der Waals surface area contributed by atoms with Crippen LogP contribution in [0.4, 0.5) is 0 Å². The summed E-state index contributed by atoms with van der Waals surface area (Å²) in [5, 5.41) is 3.65. The fourth-order valence-corrected chi connectivity index (χ4v) is 2.48. The fraction of sp³-hybridized carbons (Fsp3) is 1.00. The van der Waals surface area contributed by atoms with E-state index in [0.717, 1.165) is 13.1 Å². The molecule has 0 radical (unpaired) electrons. The van der Waals surface area contributed by atoms with Gasteiger partial charge in [-0.1, -0.05) is 27.7 Å². The van der Waals surface area contributed by atoms with Crippen molar-refractivity contribution in [2.24, 2.45) is 5.41 Å². The van der Waals surface area contributed by atoms with E-state index in [2.05, 4.69) is 58.7 Å². The number of piperazine rings is 1. The molecule has 16 heavy (non-hydrogen) atoms. The molecule has 0 aliphatic carbocycles. The smallest absolute Gasteiger partial charge is 0.0253 e. The molecule has 2 unspecified atom stereocenters. The molecule has 0 aromatic heterocycles. The fourth-order valence-electron chi connectivity index (χ4n) is 2.48. The van der Waals surface area contributed by atoms with Gasteiger partial charge >= 0.3 is 0 Å². The Morgan fingerprint density at radius 2 is 1.94 bits per heavy atom. The maximum atomic E-state index is 3.65. The van der Waals surface area contributed by atoms with Gasteiger partial charge in [0.1, 0.15) is 0 Å². The zero-order chi connectivity index (χ0) is 12.6. The SMILES string of the molecule is CCC1CNC(C)(C)CN1C(C)C(C)(C)C. The first-order chi connectivity index (χ1) is 7.17. The predicted octanol–water partition coefficient (Wildman–Crippen LogP) is 2.88. The highest BCUT2D eigenvalue weighted by Gasteiger charge is 2.37. The Bertz CT molecular complexity index is 224. The van der Waals surface area contributed by atoms with E-state index in [1.165, 1.54) is 6.42 Å². The van der Waals surface area contributed by atoms with Crippen LogP contribution in [0, 0.1) is 5.41 Å². The second kappa shape index (κ2) is 4.66. The molecular weight excluding hydrogens is 196 g/mol. The quantitative estimate of drug-likeness (QED) is 0.779. The van der Waals surface area contributed by atoms with Crippen molar-refractivity contribution >= 4 is 0 Å². The van der Waals surface area contributed by atoms with Crippen LogP contribution in [-0.2, 0) is 0 Å². The van der Waals surface area contributed by atoms with Crippen molar-refractivity contribution < 1.29 is 0 Å². The number of hydrogen-bond acceptors (Lipinski definition) is 2. The van der Waals surface area contributed by atoms with Crippen molar-refractivity contribution in [2.75, 3.05) is 13.1 Å². The molecule has 96 valence electrons. The molecule has 1 rings (SSSR count). The Morgan fingerprint density at radius 3 is 2.38 bits per heavy atom. The van der Waals surface area contributed by atoms with Crippen LogP contribution in [0.1, 0.15) is 54.9 Å². The van der Waals surface area contributed by atoms with Crippen LogP contribution in [0.3, 0.4) is 0 Å². The molecule has 1 aliphatic rings. The zero-order valence-electron chi connectivity index (χ0n) is 12.2.